The van der Waals surface area contributed by atoms with Crippen molar-refractivity contribution in [2.75, 3.05) is 16.0 Å². The topological polar surface area (TPSA) is 118 Å². The maximum atomic E-state index is 12.2. The second-order valence-electron chi connectivity index (χ2n) is 6.33. The molecule has 4 aromatic rings. The molecule has 1 amide bonds. The molecule has 3 heterocycles. The van der Waals surface area contributed by atoms with E-state index in [2.05, 4.69) is 40.9 Å². The Bertz CT molecular complexity index is 1130. The molecular formula is C21H18N8O. The van der Waals surface area contributed by atoms with E-state index in [1.54, 1.807) is 30.6 Å². The molecule has 0 atom stereocenters. The van der Waals surface area contributed by atoms with Gasteiger partial charge < -0.3 is 16.0 Å². The van der Waals surface area contributed by atoms with Crippen LogP contribution in [-0.4, -0.2) is 30.8 Å². The van der Waals surface area contributed by atoms with Crippen molar-refractivity contribution in [2.45, 2.75) is 6.92 Å². The minimum atomic E-state index is -0.316. The van der Waals surface area contributed by atoms with Gasteiger partial charge in [-0.25, -0.2) is 19.9 Å². The summed E-state index contributed by atoms with van der Waals surface area (Å²) in [5.74, 6) is 1.62. The van der Waals surface area contributed by atoms with Gasteiger partial charge in [0.2, 0.25) is 0 Å². The molecule has 30 heavy (non-hydrogen) atoms. The third-order valence-electron chi connectivity index (χ3n) is 4.02. The summed E-state index contributed by atoms with van der Waals surface area (Å²) in [7, 11) is 0. The summed E-state index contributed by atoms with van der Waals surface area (Å²) in [5, 5.41) is 9.11. The van der Waals surface area contributed by atoms with Crippen molar-refractivity contribution < 1.29 is 4.79 Å². The molecular weight excluding hydrogens is 380 g/mol. The average molecular weight is 398 g/mol. The number of amides is 1. The highest BCUT2D eigenvalue weighted by atomic mass is 16.1. The summed E-state index contributed by atoms with van der Waals surface area (Å²) in [5.41, 5.74) is 2.47. The highest BCUT2D eigenvalue weighted by Crippen LogP contribution is 2.20. The molecule has 0 radical (unpaired) electrons. The first-order valence-corrected chi connectivity index (χ1v) is 9.13. The number of nitrogens with one attached hydrogen (secondary N) is 3. The van der Waals surface area contributed by atoms with Crippen molar-refractivity contribution in [1.29, 1.82) is 0 Å². The van der Waals surface area contributed by atoms with Crippen LogP contribution in [0.1, 0.15) is 16.2 Å². The van der Waals surface area contributed by atoms with Crippen LogP contribution in [-0.2, 0) is 0 Å². The van der Waals surface area contributed by atoms with Crippen LogP contribution in [0.25, 0.3) is 0 Å². The third kappa shape index (κ3) is 4.90. The predicted octanol–water partition coefficient (Wildman–Crippen LogP) is 3.71. The van der Waals surface area contributed by atoms with Crippen molar-refractivity contribution in [3.63, 3.8) is 0 Å². The Kier molecular flexibility index (Phi) is 5.52. The van der Waals surface area contributed by atoms with E-state index < -0.39 is 0 Å². The smallest absolute Gasteiger partial charge is 0.275 e. The van der Waals surface area contributed by atoms with Crippen molar-refractivity contribution in [3.05, 3.63) is 84.8 Å². The second kappa shape index (κ2) is 8.74. The Morgan fingerprint density at radius 1 is 0.767 bits per heavy atom. The van der Waals surface area contributed by atoms with Crippen molar-refractivity contribution in [3.8, 4) is 0 Å². The molecule has 0 aliphatic carbocycles. The number of benzene rings is 1. The molecule has 0 bridgehead atoms. The first kappa shape index (κ1) is 18.9. The molecule has 148 valence electrons. The minimum Gasteiger partial charge on any atom is -0.340 e. The monoisotopic (exact) mass is 398 g/mol. The van der Waals surface area contributed by atoms with Crippen LogP contribution in [0.5, 0.6) is 0 Å². The zero-order valence-corrected chi connectivity index (χ0v) is 16.1. The number of carbonyl (C=O) groups excluding carboxylic acids is 1. The maximum absolute atomic E-state index is 12.2. The zero-order chi connectivity index (χ0) is 20.8. The number of aryl methyl sites for hydroxylation is 1. The van der Waals surface area contributed by atoms with E-state index in [4.69, 9.17) is 0 Å². The molecule has 0 spiro atoms. The van der Waals surface area contributed by atoms with E-state index in [1.165, 1.54) is 12.5 Å². The van der Waals surface area contributed by atoms with Gasteiger partial charge in [0, 0.05) is 29.8 Å². The van der Waals surface area contributed by atoms with Crippen LogP contribution in [0.3, 0.4) is 0 Å². The second-order valence-corrected chi connectivity index (χ2v) is 6.33. The molecule has 3 N–H and O–H groups in total. The lowest BCUT2D eigenvalue weighted by Gasteiger charge is -2.09. The lowest BCUT2D eigenvalue weighted by atomic mass is 10.2. The SMILES string of the molecule is Cc1cnc(C(=O)Nc2ccc(Nc3cc(Nc4ccccn4)ncn3)cc2)cn1. The van der Waals surface area contributed by atoms with Crippen LogP contribution < -0.4 is 16.0 Å². The lowest BCUT2D eigenvalue weighted by molar-refractivity contribution is 0.102. The first-order valence-electron chi connectivity index (χ1n) is 9.13. The highest BCUT2D eigenvalue weighted by Gasteiger charge is 2.08. The van der Waals surface area contributed by atoms with Crippen molar-refractivity contribution in [2.24, 2.45) is 0 Å². The fourth-order valence-electron chi connectivity index (χ4n) is 2.55. The van der Waals surface area contributed by atoms with Crippen molar-refractivity contribution in [1.82, 2.24) is 24.9 Å². The van der Waals surface area contributed by atoms with Gasteiger partial charge in [-0.3, -0.25) is 9.78 Å². The minimum absolute atomic E-state index is 0.261. The third-order valence-corrected chi connectivity index (χ3v) is 4.02. The van der Waals surface area contributed by atoms with Crippen LogP contribution in [0.2, 0.25) is 0 Å². The van der Waals surface area contributed by atoms with E-state index in [0.29, 0.717) is 23.1 Å². The molecule has 0 saturated carbocycles. The number of nitrogens with zero attached hydrogens (tertiary/aromatic N) is 5. The lowest BCUT2D eigenvalue weighted by Crippen LogP contribution is -2.14. The van der Waals surface area contributed by atoms with Gasteiger partial charge in [0.25, 0.3) is 5.91 Å². The Morgan fingerprint density at radius 3 is 2.23 bits per heavy atom. The molecule has 0 aliphatic rings. The molecule has 0 saturated heterocycles. The zero-order valence-electron chi connectivity index (χ0n) is 16.1. The Balaban J connectivity index is 1.39. The number of hydrogen-bond donors (Lipinski definition) is 3. The van der Waals surface area contributed by atoms with Crippen LogP contribution in [0, 0.1) is 6.92 Å². The van der Waals surface area contributed by atoms with Gasteiger partial charge in [-0.05, 0) is 43.3 Å². The normalized spacial score (nSPS) is 10.3. The summed E-state index contributed by atoms with van der Waals surface area (Å²) in [4.78, 5) is 33.0. The number of pyridine rings is 1. The van der Waals surface area contributed by atoms with Gasteiger partial charge in [-0.15, -0.1) is 0 Å². The molecule has 0 aliphatic heterocycles. The van der Waals surface area contributed by atoms with E-state index in [-0.39, 0.29) is 11.6 Å². The Hall–Kier alpha value is -4.40. The number of anilines is 5. The quantitative estimate of drug-likeness (QED) is 0.450. The van der Waals surface area contributed by atoms with E-state index >= 15 is 0 Å². The van der Waals surface area contributed by atoms with Gasteiger partial charge in [-0.2, -0.15) is 0 Å². The summed E-state index contributed by atoms with van der Waals surface area (Å²) in [6.45, 7) is 1.82. The summed E-state index contributed by atoms with van der Waals surface area (Å²) < 4.78 is 0. The Morgan fingerprint density at radius 2 is 1.53 bits per heavy atom. The molecule has 9 heteroatoms. The van der Waals surface area contributed by atoms with Gasteiger partial charge in [0.15, 0.2) is 0 Å². The molecule has 9 nitrogen and oxygen atoms in total. The summed E-state index contributed by atoms with van der Waals surface area (Å²) in [6.07, 6.45) is 6.17. The number of carbonyl (C=O) groups is 1. The predicted molar refractivity (Wildman–Crippen MR) is 114 cm³/mol. The van der Waals surface area contributed by atoms with Crippen LogP contribution in [0.4, 0.5) is 28.8 Å². The van der Waals surface area contributed by atoms with E-state index in [0.717, 1.165) is 11.4 Å². The largest absolute Gasteiger partial charge is 0.340 e. The summed E-state index contributed by atoms with van der Waals surface area (Å²) in [6, 6.07) is 14.6. The highest BCUT2D eigenvalue weighted by molar-refractivity contribution is 6.02. The van der Waals surface area contributed by atoms with E-state index in [1.807, 2.05) is 37.3 Å². The van der Waals surface area contributed by atoms with Gasteiger partial charge in [0.05, 0.1) is 11.9 Å². The average Bonchev–Trinajstić information content (AvgIpc) is 2.76. The van der Waals surface area contributed by atoms with Gasteiger partial charge >= 0.3 is 0 Å². The Labute approximate surface area is 172 Å². The van der Waals surface area contributed by atoms with Crippen LogP contribution in [0.15, 0.2) is 73.4 Å². The first-order chi connectivity index (χ1) is 14.7. The van der Waals surface area contributed by atoms with Crippen molar-refractivity contribution >= 4 is 34.7 Å². The number of aromatic nitrogens is 5. The molecule has 3 aromatic heterocycles. The van der Waals surface area contributed by atoms with Crippen LogP contribution >= 0.6 is 0 Å². The maximum Gasteiger partial charge on any atom is 0.275 e. The molecule has 1 aromatic carbocycles. The van der Waals surface area contributed by atoms with E-state index in [9.17, 15) is 4.79 Å². The summed E-state index contributed by atoms with van der Waals surface area (Å²) >= 11 is 0. The fraction of sp³-hybridized carbons (Fsp3) is 0.0476. The number of rotatable bonds is 6. The van der Waals surface area contributed by atoms with Gasteiger partial charge in [0.1, 0.15) is 29.5 Å². The van der Waals surface area contributed by atoms with Gasteiger partial charge in [-0.1, -0.05) is 6.07 Å². The molecule has 0 fully saturated rings. The number of hydrogen-bond acceptors (Lipinski definition) is 8. The molecule has 0 unspecified atom stereocenters. The fourth-order valence-corrected chi connectivity index (χ4v) is 2.55. The standard InChI is InChI=1S/C21H18N8O/c1-14-11-24-17(12-23-14)21(30)28-16-7-5-15(6-8-16)27-19-10-20(26-13-25-19)29-18-4-2-3-9-22-18/h2-13H,1H3,(H,28,30)(H2,22,25,26,27,29). The molecule has 4 rings (SSSR count).